The number of amides is 1. The van der Waals surface area contributed by atoms with Gasteiger partial charge in [0.15, 0.2) is 0 Å². The normalized spacial score (nSPS) is 24.2. The number of carbonyl (C=O) groups is 2. The topological polar surface area (TPSA) is 69.6 Å². The molecular weight excluding hydrogens is 216 g/mol. The van der Waals surface area contributed by atoms with Gasteiger partial charge in [-0.1, -0.05) is 0 Å². The van der Waals surface area contributed by atoms with E-state index >= 15 is 0 Å². The van der Waals surface area contributed by atoms with Gasteiger partial charge in [-0.15, -0.1) is 11.8 Å². The van der Waals surface area contributed by atoms with Gasteiger partial charge in [-0.2, -0.15) is 0 Å². The Morgan fingerprint density at radius 1 is 1.73 bits per heavy atom. The lowest BCUT2D eigenvalue weighted by Gasteiger charge is -2.33. The third-order valence-electron chi connectivity index (χ3n) is 2.49. The molecule has 2 aliphatic rings. The van der Waals surface area contributed by atoms with Gasteiger partial charge in [-0.3, -0.25) is 9.69 Å². The zero-order valence-corrected chi connectivity index (χ0v) is 9.13. The van der Waals surface area contributed by atoms with E-state index in [0.29, 0.717) is 12.8 Å². The molecule has 2 N–H and O–H groups in total. The number of carboxylic acids is 1. The summed E-state index contributed by atoms with van der Waals surface area (Å²) in [5.74, 6) is -1.08. The van der Waals surface area contributed by atoms with Crippen LogP contribution in [0.3, 0.4) is 0 Å². The minimum absolute atomic E-state index is 0.0375. The van der Waals surface area contributed by atoms with Gasteiger partial charge in [0.2, 0.25) is 5.91 Å². The van der Waals surface area contributed by atoms with E-state index < -0.39 is 5.97 Å². The summed E-state index contributed by atoms with van der Waals surface area (Å²) in [5, 5.41) is 12.0. The van der Waals surface area contributed by atoms with Crippen molar-refractivity contribution >= 4 is 23.6 Å². The number of thioether (sulfide) groups is 1. The molecule has 2 rings (SSSR count). The molecule has 0 aromatic carbocycles. The molecular formula is C9H12N2O3S. The van der Waals surface area contributed by atoms with Crippen molar-refractivity contribution in [2.45, 2.75) is 18.2 Å². The Morgan fingerprint density at radius 3 is 3.00 bits per heavy atom. The van der Waals surface area contributed by atoms with Crippen molar-refractivity contribution in [2.75, 3.05) is 13.6 Å². The van der Waals surface area contributed by atoms with Gasteiger partial charge in [-0.05, 0) is 20.0 Å². The maximum atomic E-state index is 11.2. The summed E-state index contributed by atoms with van der Waals surface area (Å²) in [7, 11) is 1.82. The van der Waals surface area contributed by atoms with E-state index in [2.05, 4.69) is 5.32 Å². The first kappa shape index (κ1) is 10.5. The van der Waals surface area contributed by atoms with Crippen molar-refractivity contribution in [3.05, 3.63) is 10.6 Å². The van der Waals surface area contributed by atoms with E-state index in [4.69, 9.17) is 5.11 Å². The van der Waals surface area contributed by atoms with Crippen LogP contribution in [0.25, 0.3) is 0 Å². The Balaban J connectivity index is 2.19. The Morgan fingerprint density at radius 2 is 2.47 bits per heavy atom. The average molecular weight is 228 g/mol. The predicted molar refractivity (Wildman–Crippen MR) is 56.0 cm³/mol. The van der Waals surface area contributed by atoms with Crippen LogP contribution >= 0.6 is 11.8 Å². The second kappa shape index (κ2) is 3.86. The average Bonchev–Trinajstić information content (AvgIpc) is 2.47. The van der Waals surface area contributed by atoms with Crippen LogP contribution in [-0.2, 0) is 9.59 Å². The molecule has 0 radical (unpaired) electrons. The number of β-lactam (4-membered cyclic amide) rings is 1. The third-order valence-corrected chi connectivity index (χ3v) is 3.83. The van der Waals surface area contributed by atoms with E-state index in [0.717, 1.165) is 11.4 Å². The molecule has 1 atom stereocenters. The van der Waals surface area contributed by atoms with Crippen molar-refractivity contribution in [3.63, 3.8) is 0 Å². The second-order valence-electron chi connectivity index (χ2n) is 3.47. The first-order valence-corrected chi connectivity index (χ1v) is 5.63. The second-order valence-corrected chi connectivity index (χ2v) is 4.74. The molecule has 0 bridgehead atoms. The number of rotatable bonds is 4. The fourth-order valence-electron chi connectivity index (χ4n) is 1.74. The maximum absolute atomic E-state index is 11.2. The Bertz CT molecular complexity index is 353. The molecule has 2 aliphatic heterocycles. The van der Waals surface area contributed by atoms with Crippen molar-refractivity contribution in [3.8, 4) is 0 Å². The van der Waals surface area contributed by atoms with Crippen molar-refractivity contribution < 1.29 is 14.7 Å². The molecule has 1 saturated heterocycles. The van der Waals surface area contributed by atoms with Crippen LogP contribution in [0.1, 0.15) is 12.8 Å². The SMILES string of the molecule is CNCCC1=C(C(=O)O)N2C(=O)C[C@H]2S1. The quantitative estimate of drug-likeness (QED) is 0.673. The Hall–Kier alpha value is -1.01. The number of carboxylic acid groups (broad SMARTS) is 1. The summed E-state index contributed by atoms with van der Waals surface area (Å²) in [6, 6.07) is 0. The van der Waals surface area contributed by atoms with Crippen LogP contribution in [0.15, 0.2) is 10.6 Å². The summed E-state index contributed by atoms with van der Waals surface area (Å²) >= 11 is 1.50. The molecule has 15 heavy (non-hydrogen) atoms. The summed E-state index contributed by atoms with van der Waals surface area (Å²) in [5.41, 5.74) is 0.191. The van der Waals surface area contributed by atoms with Gasteiger partial charge >= 0.3 is 5.97 Å². The smallest absolute Gasteiger partial charge is 0.353 e. The minimum Gasteiger partial charge on any atom is -0.477 e. The van der Waals surface area contributed by atoms with E-state index in [1.807, 2.05) is 7.05 Å². The highest BCUT2D eigenvalue weighted by atomic mass is 32.2. The fourth-order valence-corrected chi connectivity index (χ4v) is 3.14. The lowest BCUT2D eigenvalue weighted by molar-refractivity contribution is -0.145. The van der Waals surface area contributed by atoms with Gasteiger partial charge in [0, 0.05) is 4.91 Å². The van der Waals surface area contributed by atoms with E-state index in [1.54, 1.807) is 0 Å². The van der Waals surface area contributed by atoms with Gasteiger partial charge < -0.3 is 10.4 Å². The zero-order chi connectivity index (χ0) is 11.0. The Labute approximate surface area is 91.5 Å². The van der Waals surface area contributed by atoms with Crippen molar-refractivity contribution in [1.29, 1.82) is 0 Å². The first-order chi connectivity index (χ1) is 7.15. The van der Waals surface area contributed by atoms with Crippen LogP contribution in [0, 0.1) is 0 Å². The van der Waals surface area contributed by atoms with Gasteiger partial charge in [0.05, 0.1) is 11.8 Å². The third kappa shape index (κ3) is 1.63. The lowest BCUT2D eigenvalue weighted by Crippen LogP contribution is -2.48. The Kier molecular flexibility index (Phi) is 2.70. The fraction of sp³-hybridized carbons (Fsp3) is 0.556. The zero-order valence-electron chi connectivity index (χ0n) is 8.32. The van der Waals surface area contributed by atoms with Gasteiger partial charge in [-0.25, -0.2) is 4.79 Å². The number of hydrogen-bond donors (Lipinski definition) is 2. The number of aliphatic carboxylic acids is 1. The molecule has 0 saturated carbocycles. The maximum Gasteiger partial charge on any atom is 0.353 e. The summed E-state index contributed by atoms with van der Waals surface area (Å²) in [6.07, 6.45) is 1.13. The number of fused-ring (bicyclic) bond motifs is 1. The predicted octanol–water partition coefficient (Wildman–Crippen LogP) is 0.197. The molecule has 82 valence electrons. The molecule has 1 fully saturated rings. The van der Waals surface area contributed by atoms with Crippen molar-refractivity contribution in [1.82, 2.24) is 10.2 Å². The number of hydrogen-bond acceptors (Lipinski definition) is 4. The number of carbonyl (C=O) groups excluding carboxylic acids is 1. The largest absolute Gasteiger partial charge is 0.477 e. The van der Waals surface area contributed by atoms with Gasteiger partial charge in [0.25, 0.3) is 0 Å². The van der Waals surface area contributed by atoms with Crippen LogP contribution < -0.4 is 5.32 Å². The highest BCUT2D eigenvalue weighted by Crippen LogP contribution is 2.46. The first-order valence-electron chi connectivity index (χ1n) is 4.75. The lowest BCUT2D eigenvalue weighted by atomic mass is 10.1. The van der Waals surface area contributed by atoms with E-state index in [1.165, 1.54) is 16.7 Å². The monoisotopic (exact) mass is 228 g/mol. The van der Waals surface area contributed by atoms with Crippen LogP contribution in [0.2, 0.25) is 0 Å². The van der Waals surface area contributed by atoms with E-state index in [9.17, 15) is 9.59 Å². The summed E-state index contributed by atoms with van der Waals surface area (Å²) in [6.45, 7) is 0.730. The molecule has 1 amide bonds. The molecule has 0 spiro atoms. The van der Waals surface area contributed by atoms with Crippen LogP contribution in [0.4, 0.5) is 0 Å². The molecule has 0 aromatic heterocycles. The number of nitrogens with one attached hydrogen (secondary N) is 1. The molecule has 5 nitrogen and oxygen atoms in total. The highest BCUT2D eigenvalue weighted by Gasteiger charge is 2.47. The molecule has 6 heteroatoms. The molecule has 0 unspecified atom stereocenters. The molecule has 2 heterocycles. The summed E-state index contributed by atoms with van der Waals surface area (Å²) < 4.78 is 0. The molecule has 0 aliphatic carbocycles. The minimum atomic E-state index is -0.996. The van der Waals surface area contributed by atoms with Crippen LogP contribution in [0.5, 0.6) is 0 Å². The highest BCUT2D eigenvalue weighted by molar-refractivity contribution is 8.04. The van der Waals surface area contributed by atoms with Crippen LogP contribution in [-0.4, -0.2) is 40.8 Å². The summed E-state index contributed by atoms with van der Waals surface area (Å²) in [4.78, 5) is 24.5. The number of nitrogens with zero attached hydrogens (tertiary/aromatic N) is 1. The van der Waals surface area contributed by atoms with Crippen molar-refractivity contribution in [2.24, 2.45) is 0 Å². The van der Waals surface area contributed by atoms with E-state index in [-0.39, 0.29) is 17.0 Å². The molecule has 0 aromatic rings. The standard InChI is InChI=1S/C9H12N2O3S/c1-10-3-2-5-8(9(13)14)11-6(12)4-7(11)15-5/h7,10H,2-4H2,1H3,(H,13,14)/t7-/m1/s1. The van der Waals surface area contributed by atoms with Gasteiger partial charge in [0.1, 0.15) is 5.70 Å².